The zero-order chi connectivity index (χ0) is 15.5. The normalized spacial score (nSPS) is 11.3. The van der Waals surface area contributed by atoms with Crippen molar-refractivity contribution in [3.63, 3.8) is 0 Å². The molecule has 2 rings (SSSR count). The number of aryl methyl sites for hydroxylation is 2. The number of nitrogens with zero attached hydrogens (tertiary/aromatic N) is 3. The monoisotopic (exact) mass is 304 g/mol. The van der Waals surface area contributed by atoms with Crippen LogP contribution in [0, 0.1) is 18.3 Å². The molecule has 0 spiro atoms. The van der Waals surface area contributed by atoms with Crippen LogP contribution in [0.3, 0.4) is 0 Å². The van der Waals surface area contributed by atoms with E-state index in [1.807, 2.05) is 25.4 Å². The second-order valence-corrected chi connectivity index (χ2v) is 6.48. The van der Waals surface area contributed by atoms with Crippen LogP contribution in [0.2, 0.25) is 0 Å². The third-order valence-electron chi connectivity index (χ3n) is 3.07. The Morgan fingerprint density at radius 3 is 2.71 bits per heavy atom. The summed E-state index contributed by atoms with van der Waals surface area (Å²) >= 11 is 0. The summed E-state index contributed by atoms with van der Waals surface area (Å²) in [5.41, 5.74) is 1.95. The van der Waals surface area contributed by atoms with Crippen molar-refractivity contribution in [2.45, 2.75) is 18.2 Å². The van der Waals surface area contributed by atoms with Crippen molar-refractivity contribution in [2.75, 3.05) is 6.54 Å². The summed E-state index contributed by atoms with van der Waals surface area (Å²) in [5, 5.41) is 13.0. The lowest BCUT2D eigenvalue weighted by molar-refractivity contribution is 0.581. The third kappa shape index (κ3) is 3.68. The van der Waals surface area contributed by atoms with Gasteiger partial charge in [0.2, 0.25) is 10.0 Å². The molecule has 110 valence electrons. The first-order chi connectivity index (χ1) is 9.92. The number of nitriles is 1. The summed E-state index contributed by atoms with van der Waals surface area (Å²) in [4.78, 5) is 0.167. The van der Waals surface area contributed by atoms with Crippen molar-refractivity contribution in [3.05, 3.63) is 47.3 Å². The first kappa shape index (κ1) is 15.2. The van der Waals surface area contributed by atoms with E-state index in [1.54, 1.807) is 11.6 Å². The topological polar surface area (TPSA) is 87.8 Å². The first-order valence-electron chi connectivity index (χ1n) is 6.41. The van der Waals surface area contributed by atoms with Crippen molar-refractivity contribution < 1.29 is 8.42 Å². The largest absolute Gasteiger partial charge is 0.276 e. The van der Waals surface area contributed by atoms with E-state index in [-0.39, 0.29) is 11.4 Å². The quantitative estimate of drug-likeness (QED) is 0.896. The molecule has 7 heteroatoms. The minimum Gasteiger partial charge on any atom is -0.276 e. The molecule has 0 radical (unpaired) electrons. The Morgan fingerprint density at radius 2 is 2.14 bits per heavy atom. The molecule has 0 amide bonds. The average Bonchev–Trinajstić information content (AvgIpc) is 2.84. The van der Waals surface area contributed by atoms with Crippen molar-refractivity contribution in [2.24, 2.45) is 7.05 Å². The average molecular weight is 304 g/mol. The smallest absolute Gasteiger partial charge is 0.240 e. The molecule has 0 unspecified atom stereocenters. The highest BCUT2D eigenvalue weighted by Gasteiger charge is 2.14. The Hall–Kier alpha value is -2.17. The number of benzene rings is 1. The van der Waals surface area contributed by atoms with E-state index >= 15 is 0 Å². The van der Waals surface area contributed by atoms with Gasteiger partial charge in [-0.05, 0) is 36.8 Å². The molecule has 0 aliphatic heterocycles. The molecule has 0 saturated carbocycles. The lowest BCUT2D eigenvalue weighted by Crippen LogP contribution is -2.26. The number of rotatable bonds is 5. The Balaban J connectivity index is 2.05. The molecule has 0 bridgehead atoms. The number of aromatic nitrogens is 2. The molecule has 1 aromatic heterocycles. The molecule has 21 heavy (non-hydrogen) atoms. The van der Waals surface area contributed by atoms with Gasteiger partial charge in [-0.15, -0.1) is 0 Å². The molecular formula is C14H16N4O2S. The van der Waals surface area contributed by atoms with Gasteiger partial charge in [0.1, 0.15) is 0 Å². The molecule has 0 aliphatic carbocycles. The number of hydrogen-bond donors (Lipinski definition) is 1. The Morgan fingerprint density at radius 1 is 1.38 bits per heavy atom. The molecule has 0 aliphatic rings. The fraction of sp³-hybridized carbons (Fsp3) is 0.286. The molecule has 1 heterocycles. The Bertz CT molecular complexity index is 788. The van der Waals surface area contributed by atoms with Gasteiger partial charge in [0.25, 0.3) is 0 Å². The molecule has 0 atom stereocenters. The fourth-order valence-corrected chi connectivity index (χ4v) is 3.04. The summed E-state index contributed by atoms with van der Waals surface area (Å²) in [6.07, 6.45) is 2.34. The van der Waals surface area contributed by atoms with Gasteiger partial charge in [-0.3, -0.25) is 4.68 Å². The maximum atomic E-state index is 12.2. The molecule has 1 N–H and O–H groups in total. The fourth-order valence-electron chi connectivity index (χ4n) is 1.92. The van der Waals surface area contributed by atoms with Gasteiger partial charge in [0, 0.05) is 26.2 Å². The van der Waals surface area contributed by atoms with E-state index in [1.165, 1.54) is 18.2 Å². The van der Waals surface area contributed by atoms with Crippen LogP contribution in [0.4, 0.5) is 0 Å². The van der Waals surface area contributed by atoms with Crippen LogP contribution in [-0.2, 0) is 23.5 Å². The highest BCUT2D eigenvalue weighted by molar-refractivity contribution is 7.89. The highest BCUT2D eigenvalue weighted by Crippen LogP contribution is 2.14. The summed E-state index contributed by atoms with van der Waals surface area (Å²) in [7, 11) is -1.75. The molecular weight excluding hydrogens is 288 g/mol. The first-order valence-corrected chi connectivity index (χ1v) is 7.89. The molecule has 0 fully saturated rings. The van der Waals surface area contributed by atoms with E-state index < -0.39 is 10.0 Å². The van der Waals surface area contributed by atoms with E-state index in [0.717, 1.165) is 5.69 Å². The summed E-state index contributed by atoms with van der Waals surface area (Å²) in [6, 6.07) is 8.32. The number of hydrogen-bond acceptors (Lipinski definition) is 4. The Labute approximate surface area is 124 Å². The zero-order valence-electron chi connectivity index (χ0n) is 11.9. The number of sulfonamides is 1. The molecule has 2 aromatic rings. The minimum atomic E-state index is -3.57. The molecule has 6 nitrogen and oxygen atoms in total. The molecule has 0 saturated heterocycles. The van der Waals surface area contributed by atoms with Gasteiger partial charge in [-0.2, -0.15) is 10.4 Å². The van der Waals surface area contributed by atoms with E-state index in [9.17, 15) is 8.42 Å². The van der Waals surface area contributed by atoms with Crippen LogP contribution < -0.4 is 4.72 Å². The summed E-state index contributed by atoms with van der Waals surface area (Å²) in [6.45, 7) is 1.99. The lowest BCUT2D eigenvalue weighted by atomic mass is 10.1. The molecule has 1 aromatic carbocycles. The van der Waals surface area contributed by atoms with E-state index in [4.69, 9.17) is 5.26 Å². The van der Waals surface area contributed by atoms with Crippen LogP contribution in [0.15, 0.2) is 35.4 Å². The Kier molecular flexibility index (Phi) is 4.40. The number of nitrogens with one attached hydrogen (secondary N) is 1. The summed E-state index contributed by atoms with van der Waals surface area (Å²) < 4.78 is 28.5. The van der Waals surface area contributed by atoms with Gasteiger partial charge in [0.15, 0.2) is 0 Å². The van der Waals surface area contributed by atoms with Crippen LogP contribution in [-0.4, -0.2) is 24.7 Å². The van der Waals surface area contributed by atoms with Crippen LogP contribution in [0.25, 0.3) is 0 Å². The highest BCUT2D eigenvalue weighted by atomic mass is 32.2. The van der Waals surface area contributed by atoms with Gasteiger partial charge in [-0.25, -0.2) is 13.1 Å². The second-order valence-electron chi connectivity index (χ2n) is 4.72. The second kappa shape index (κ2) is 6.08. The van der Waals surface area contributed by atoms with E-state index in [0.29, 0.717) is 17.5 Å². The van der Waals surface area contributed by atoms with Crippen molar-refractivity contribution in [1.29, 1.82) is 5.26 Å². The van der Waals surface area contributed by atoms with Gasteiger partial charge < -0.3 is 0 Å². The van der Waals surface area contributed by atoms with Crippen LogP contribution in [0.1, 0.15) is 16.8 Å². The summed E-state index contributed by atoms with van der Waals surface area (Å²) in [5.74, 6) is 0. The zero-order valence-corrected chi connectivity index (χ0v) is 12.7. The van der Waals surface area contributed by atoms with Gasteiger partial charge >= 0.3 is 0 Å². The van der Waals surface area contributed by atoms with E-state index in [2.05, 4.69) is 9.82 Å². The third-order valence-corrected chi connectivity index (χ3v) is 4.53. The maximum absolute atomic E-state index is 12.2. The van der Waals surface area contributed by atoms with Crippen molar-refractivity contribution in [1.82, 2.24) is 14.5 Å². The standard InChI is InChI=1S/C14H16N4O2S/c1-11-9-14(4-3-12(11)10-15)21(19,20)16-7-5-13-6-8-18(2)17-13/h3-4,6,8-9,16H,5,7H2,1-2H3. The van der Waals surface area contributed by atoms with Crippen LogP contribution in [0.5, 0.6) is 0 Å². The van der Waals surface area contributed by atoms with Crippen LogP contribution >= 0.6 is 0 Å². The SMILES string of the molecule is Cc1cc(S(=O)(=O)NCCc2ccn(C)n2)ccc1C#N. The minimum absolute atomic E-state index is 0.167. The predicted octanol–water partition coefficient (Wildman–Crippen LogP) is 1.12. The maximum Gasteiger partial charge on any atom is 0.240 e. The lowest BCUT2D eigenvalue weighted by Gasteiger charge is -2.07. The van der Waals surface area contributed by atoms with Crippen molar-refractivity contribution >= 4 is 10.0 Å². The predicted molar refractivity (Wildman–Crippen MR) is 78.0 cm³/mol. The van der Waals surface area contributed by atoms with Crippen molar-refractivity contribution in [3.8, 4) is 6.07 Å². The van der Waals surface area contributed by atoms with Gasteiger partial charge in [-0.1, -0.05) is 0 Å². The van der Waals surface area contributed by atoms with Gasteiger partial charge in [0.05, 0.1) is 22.2 Å².